The van der Waals surface area contributed by atoms with E-state index in [2.05, 4.69) is 82.7 Å². The molecule has 0 bridgehead atoms. The lowest BCUT2D eigenvalue weighted by atomic mass is 9.86. The molecule has 0 saturated heterocycles. The highest BCUT2D eigenvalue weighted by Crippen LogP contribution is 2.28. The lowest BCUT2D eigenvalue weighted by molar-refractivity contribution is -0.137. The fourth-order valence-corrected chi connectivity index (χ4v) is 5.64. The number of carboxylic acids is 1. The van der Waals surface area contributed by atoms with Gasteiger partial charge in [-0.15, -0.1) is 0 Å². The van der Waals surface area contributed by atoms with Crippen LogP contribution >= 0.6 is 0 Å². The van der Waals surface area contributed by atoms with E-state index in [4.69, 9.17) is 9.63 Å². The van der Waals surface area contributed by atoms with Crippen LogP contribution in [-0.2, 0) is 21.4 Å². The van der Waals surface area contributed by atoms with Gasteiger partial charge in [-0.25, -0.2) is 9.97 Å². The monoisotopic (exact) mass is 708 g/mol. The van der Waals surface area contributed by atoms with Gasteiger partial charge in [0.2, 0.25) is 11.7 Å². The van der Waals surface area contributed by atoms with Crippen LogP contribution in [-0.4, -0.2) is 55.6 Å². The SMILES string of the molecule is Cc1ccc(-c2cccc(-c3noc(-c4cnc(-c5ccc(C[C@H](NC(=O)c6ccc(C(C)(C)C)cc6)C(=O)NCCC(=O)O)cc5)nc4)n3)c2)cc1. The molecule has 0 fully saturated rings. The third kappa shape index (κ3) is 9.25. The van der Waals surface area contributed by atoms with Gasteiger partial charge in [-0.1, -0.05) is 110 Å². The highest BCUT2D eigenvalue weighted by Gasteiger charge is 2.23. The van der Waals surface area contributed by atoms with Crippen LogP contribution in [0.15, 0.2) is 114 Å². The molecule has 2 heterocycles. The second-order valence-electron chi connectivity index (χ2n) is 13.9. The normalized spacial score (nSPS) is 11.8. The smallest absolute Gasteiger partial charge is 0.305 e. The molecule has 0 spiro atoms. The Kier molecular flexibility index (Phi) is 10.8. The van der Waals surface area contributed by atoms with E-state index in [0.717, 1.165) is 33.4 Å². The van der Waals surface area contributed by atoms with Gasteiger partial charge in [0.1, 0.15) is 6.04 Å². The summed E-state index contributed by atoms with van der Waals surface area (Å²) < 4.78 is 5.56. The molecule has 2 aromatic heterocycles. The minimum absolute atomic E-state index is 0.0564. The predicted molar refractivity (Wildman–Crippen MR) is 202 cm³/mol. The van der Waals surface area contributed by atoms with E-state index in [0.29, 0.717) is 28.7 Å². The van der Waals surface area contributed by atoms with Crippen LogP contribution < -0.4 is 10.6 Å². The molecule has 11 nitrogen and oxygen atoms in total. The molecular formula is C42H40N6O5. The van der Waals surface area contributed by atoms with Crippen LogP contribution in [0.3, 0.4) is 0 Å². The molecule has 2 amide bonds. The first-order valence-electron chi connectivity index (χ1n) is 17.3. The van der Waals surface area contributed by atoms with E-state index in [1.165, 1.54) is 5.56 Å². The summed E-state index contributed by atoms with van der Waals surface area (Å²) in [5.41, 5.74) is 7.67. The number of hydrogen-bond acceptors (Lipinski definition) is 8. The minimum atomic E-state index is -1.03. The van der Waals surface area contributed by atoms with Crippen molar-refractivity contribution < 1.29 is 24.0 Å². The quantitative estimate of drug-likeness (QED) is 0.121. The van der Waals surface area contributed by atoms with E-state index in [-0.39, 0.29) is 24.8 Å². The number of nitrogens with zero attached hydrogens (tertiary/aromatic N) is 4. The van der Waals surface area contributed by atoms with E-state index in [1.54, 1.807) is 24.5 Å². The first kappa shape index (κ1) is 36.3. The second-order valence-corrected chi connectivity index (χ2v) is 13.9. The summed E-state index contributed by atoms with van der Waals surface area (Å²) in [6.07, 6.45) is 3.19. The topological polar surface area (TPSA) is 160 Å². The number of hydrogen-bond donors (Lipinski definition) is 3. The van der Waals surface area contributed by atoms with Gasteiger partial charge in [-0.2, -0.15) is 4.98 Å². The van der Waals surface area contributed by atoms with Crippen LogP contribution in [0.2, 0.25) is 0 Å². The first-order chi connectivity index (χ1) is 25.4. The number of aliphatic carboxylic acids is 1. The van der Waals surface area contributed by atoms with Crippen molar-refractivity contribution in [2.75, 3.05) is 6.54 Å². The maximum Gasteiger partial charge on any atom is 0.305 e. The summed E-state index contributed by atoms with van der Waals surface area (Å²) >= 11 is 0. The second kappa shape index (κ2) is 15.8. The molecule has 6 rings (SSSR count). The maximum atomic E-state index is 13.2. The van der Waals surface area contributed by atoms with Crippen LogP contribution in [0, 0.1) is 6.92 Å². The van der Waals surface area contributed by atoms with Gasteiger partial charge in [-0.05, 0) is 52.8 Å². The molecule has 0 aliphatic rings. The Hall–Kier alpha value is -6.49. The van der Waals surface area contributed by atoms with E-state index < -0.39 is 23.8 Å². The molecule has 53 heavy (non-hydrogen) atoms. The molecule has 6 aromatic rings. The van der Waals surface area contributed by atoms with Crippen molar-refractivity contribution in [3.05, 3.63) is 132 Å². The Bertz CT molecular complexity index is 2210. The third-order valence-electron chi connectivity index (χ3n) is 8.76. The van der Waals surface area contributed by atoms with Gasteiger partial charge in [0.05, 0.1) is 12.0 Å². The van der Waals surface area contributed by atoms with Gasteiger partial charge < -0.3 is 20.3 Å². The molecule has 4 aromatic carbocycles. The number of aromatic nitrogens is 4. The van der Waals surface area contributed by atoms with Crippen molar-refractivity contribution in [1.82, 2.24) is 30.7 Å². The van der Waals surface area contributed by atoms with Gasteiger partial charge in [-0.3, -0.25) is 14.4 Å². The Morgan fingerprint density at radius 3 is 2.09 bits per heavy atom. The van der Waals surface area contributed by atoms with Gasteiger partial charge >= 0.3 is 5.97 Å². The summed E-state index contributed by atoms with van der Waals surface area (Å²) in [4.78, 5) is 51.0. The van der Waals surface area contributed by atoms with Crippen molar-refractivity contribution in [3.63, 3.8) is 0 Å². The van der Waals surface area contributed by atoms with Crippen molar-refractivity contribution >= 4 is 17.8 Å². The van der Waals surface area contributed by atoms with E-state index >= 15 is 0 Å². The molecule has 0 unspecified atom stereocenters. The Balaban J connectivity index is 1.13. The van der Waals surface area contributed by atoms with Gasteiger partial charge in [0.25, 0.3) is 11.8 Å². The lowest BCUT2D eigenvalue weighted by Crippen LogP contribution is -2.48. The number of carbonyl (C=O) groups is 3. The molecule has 3 N–H and O–H groups in total. The Morgan fingerprint density at radius 1 is 0.774 bits per heavy atom. The summed E-state index contributed by atoms with van der Waals surface area (Å²) in [6, 6.07) is 30.0. The van der Waals surface area contributed by atoms with Crippen molar-refractivity contribution in [1.29, 1.82) is 0 Å². The molecule has 1 atom stereocenters. The highest BCUT2D eigenvalue weighted by atomic mass is 16.5. The number of nitrogens with one attached hydrogen (secondary N) is 2. The minimum Gasteiger partial charge on any atom is -0.481 e. The molecule has 11 heteroatoms. The zero-order valence-electron chi connectivity index (χ0n) is 30.0. The summed E-state index contributed by atoms with van der Waals surface area (Å²) in [7, 11) is 0. The average molecular weight is 709 g/mol. The summed E-state index contributed by atoms with van der Waals surface area (Å²) in [6.45, 7) is 8.27. The average Bonchev–Trinajstić information content (AvgIpc) is 3.65. The number of rotatable bonds is 12. The molecular weight excluding hydrogens is 668 g/mol. The Morgan fingerprint density at radius 2 is 1.43 bits per heavy atom. The predicted octanol–water partition coefficient (Wildman–Crippen LogP) is 7.07. The highest BCUT2D eigenvalue weighted by molar-refractivity contribution is 5.97. The number of benzene rings is 4. The van der Waals surface area contributed by atoms with Crippen LogP contribution in [0.25, 0.3) is 45.4 Å². The van der Waals surface area contributed by atoms with Crippen molar-refractivity contribution in [2.45, 2.75) is 52.0 Å². The number of carboxylic acid groups (broad SMARTS) is 1. The zero-order valence-corrected chi connectivity index (χ0v) is 30.0. The summed E-state index contributed by atoms with van der Waals surface area (Å²) in [5, 5.41) is 18.7. The standard InChI is InChI=1S/C42H40N6O5/c1-26-8-12-28(13-9-26)31-6-5-7-32(23-31)38-47-41(53-48-38)33-24-44-37(45-25-33)29-14-10-27(11-15-29)22-35(40(52)43-21-20-36(49)50)46-39(51)30-16-18-34(19-17-30)42(2,3)4/h5-19,23-25,35H,20-22H2,1-4H3,(H,43,52)(H,46,51)(H,49,50)/t35-/m0/s1. The Labute approximate surface area is 307 Å². The van der Waals surface area contributed by atoms with Crippen LogP contribution in [0.5, 0.6) is 0 Å². The van der Waals surface area contributed by atoms with E-state index in [1.807, 2.05) is 60.7 Å². The molecule has 0 radical (unpaired) electrons. The zero-order chi connectivity index (χ0) is 37.5. The van der Waals surface area contributed by atoms with Crippen molar-refractivity contribution in [3.8, 4) is 45.4 Å². The first-order valence-corrected chi connectivity index (χ1v) is 17.3. The summed E-state index contributed by atoms with van der Waals surface area (Å²) in [5.74, 6) is -0.687. The third-order valence-corrected chi connectivity index (χ3v) is 8.76. The van der Waals surface area contributed by atoms with E-state index in [9.17, 15) is 14.4 Å². The number of carbonyl (C=O) groups excluding carboxylic acids is 2. The molecule has 0 saturated carbocycles. The van der Waals surface area contributed by atoms with Crippen molar-refractivity contribution in [2.24, 2.45) is 0 Å². The molecule has 0 aliphatic heterocycles. The number of amides is 2. The fraction of sp³-hybridized carbons (Fsp3) is 0.214. The van der Waals surface area contributed by atoms with Crippen LogP contribution in [0.4, 0.5) is 0 Å². The number of aryl methyl sites for hydroxylation is 1. The maximum absolute atomic E-state index is 13.2. The largest absolute Gasteiger partial charge is 0.481 e. The van der Waals surface area contributed by atoms with Gasteiger partial charge in [0, 0.05) is 42.0 Å². The lowest BCUT2D eigenvalue weighted by Gasteiger charge is -2.20. The fourth-order valence-electron chi connectivity index (χ4n) is 5.64. The molecule has 268 valence electrons. The van der Waals surface area contributed by atoms with Gasteiger partial charge in [0.15, 0.2) is 5.82 Å². The molecule has 0 aliphatic carbocycles. The van der Waals surface area contributed by atoms with Crippen LogP contribution in [0.1, 0.15) is 54.2 Å².